The average Bonchev–Trinajstić information content (AvgIpc) is 0.808. The molecule has 41 heteroatoms. The number of halogens is 5. The number of carbonyl (C=O) groups excluding carboxylic acids is 2. The predicted molar refractivity (Wildman–Crippen MR) is 459 cm³/mol. The third-order valence-corrected chi connectivity index (χ3v) is 21.7. The van der Waals surface area contributed by atoms with Crippen LogP contribution in [-0.4, -0.2) is 120 Å². The molecule has 0 unspecified atom stereocenters. The third-order valence-electron chi connectivity index (χ3n) is 15.3. The first-order valence-corrected chi connectivity index (χ1v) is 44.8. The minimum absolute atomic E-state index is 0.0123. The van der Waals surface area contributed by atoms with Gasteiger partial charge in [0.15, 0.2) is 28.6 Å². The number of benzene rings is 11. The number of Topliss-reactive ketones (excluding diaryl/α,β-unsaturated/α-hetero) is 2. The number of ketones is 2. The van der Waals surface area contributed by atoms with E-state index in [0.29, 0.717) is 33.5 Å². The summed E-state index contributed by atoms with van der Waals surface area (Å²) in [5, 5.41) is 47.0. The topological polar surface area (TPSA) is 453 Å². The number of carbonyl (C=O) groups is 3. The Labute approximate surface area is 728 Å². The van der Waals surface area contributed by atoms with Gasteiger partial charge in [0.25, 0.3) is 0 Å². The molecule has 0 atom stereocenters. The number of carboxylic acid groups (broad SMARTS) is 1. The van der Waals surface area contributed by atoms with E-state index >= 15 is 0 Å². The zero-order valence-electron chi connectivity index (χ0n) is 65.8. The monoisotopic (exact) mass is 1860 g/mol. The highest BCUT2D eigenvalue weighted by Crippen LogP contribution is 2.29. The molecular weight excluding hydrogens is 1790 g/mol. The third kappa shape index (κ3) is 32.5. The molecule has 0 radical (unpaired) electrons. The molecule has 0 amide bonds. The normalized spacial score (nSPS) is 12.0. The lowest BCUT2D eigenvalue weighted by atomic mass is 9.97. The Kier molecular flexibility index (Phi) is 37.5. The Balaban J connectivity index is 0.000000232. The summed E-state index contributed by atoms with van der Waals surface area (Å²) in [4.78, 5) is 34.3. The first-order chi connectivity index (χ1) is 59.0. The van der Waals surface area contributed by atoms with Crippen molar-refractivity contribution in [1.82, 2.24) is 0 Å². The number of alkyl halides is 3. The Morgan fingerprint density at radius 3 is 1.18 bits per heavy atom. The lowest BCUT2D eigenvalue weighted by Crippen LogP contribution is -2.24. The van der Waals surface area contributed by atoms with Crippen molar-refractivity contribution in [3.05, 3.63) is 368 Å². The second-order valence-corrected chi connectivity index (χ2v) is 34.7. The van der Waals surface area contributed by atoms with Crippen molar-refractivity contribution in [3.8, 4) is 12.1 Å². The van der Waals surface area contributed by atoms with E-state index < -0.39 is 83.7 Å². The van der Waals surface area contributed by atoms with Gasteiger partial charge in [0.2, 0.25) is 5.78 Å². The zero-order valence-corrected chi connectivity index (χ0v) is 72.2. The summed E-state index contributed by atoms with van der Waals surface area (Å²) in [6, 6.07) is 81.5. The fourth-order valence-electron chi connectivity index (χ4n) is 9.69. The van der Waals surface area contributed by atoms with Gasteiger partial charge in [0, 0.05) is 45.3 Å². The first-order valence-electron chi connectivity index (χ1n) is 35.2. The molecule has 0 spiro atoms. The number of oxime groups is 6. The summed E-state index contributed by atoms with van der Waals surface area (Å²) in [5.41, 5.74) is 0.725. The molecule has 30 nitrogen and oxygen atoms in total. The number of nitriles is 2. The lowest BCUT2D eigenvalue weighted by molar-refractivity contribution is -0.111. The second-order valence-electron chi connectivity index (χ2n) is 24.7. The van der Waals surface area contributed by atoms with Crippen LogP contribution in [0.1, 0.15) is 84.6 Å². The van der Waals surface area contributed by atoms with Gasteiger partial charge in [-0.3, -0.25) is 35.3 Å². The molecule has 1 N–H and O–H groups in total. The van der Waals surface area contributed by atoms with Crippen LogP contribution in [0.25, 0.3) is 0 Å². The van der Waals surface area contributed by atoms with E-state index in [-0.39, 0.29) is 63.7 Å². The maximum Gasteiger partial charge on any atom is 0.536 e. The van der Waals surface area contributed by atoms with Crippen LogP contribution in [0.3, 0.4) is 0 Å². The number of hydrogen-bond donors (Lipinski definition) is 1. The van der Waals surface area contributed by atoms with Crippen molar-refractivity contribution >= 4 is 136 Å². The Morgan fingerprint density at radius 2 is 0.768 bits per heavy atom. The number of nitrogens with zero attached hydrogens (tertiary/aromatic N) is 8. The molecule has 0 fully saturated rings. The van der Waals surface area contributed by atoms with Gasteiger partial charge in [-0.05, 0) is 111 Å². The summed E-state index contributed by atoms with van der Waals surface area (Å²) in [6.07, 6.45) is 2.13. The average molecular weight is 1860 g/mol. The standard InChI is InChI=1S/C17H17Cl2NO3S.2C15H13NO4S.C14H10N2O3S.C14H11NO5S.C9H5F3N2O3S/c1-10-7-11(2)17(12(3)8-10)13(4)20-23-24(21,22)16-9-14(18)5-6-15(16)19;1-21(18,19)20-16-14(12-8-4-2-5-9-12)15(17)13-10-6-3-7-11-13;1-12(17)15(13-8-4-2-5-9-13)16-20-21(18,19)14-10-6-3-7-11-14;15-11-14(12-7-3-1-4-8-12)16-19-20(17,18)13-9-5-2-6-10-13;16-14(17)12-6-8-13(9-7-12)21(18,19)20-15-10-11-4-2-1-3-5-11;10-9(11,12)18(15,16)17-14-8(6-13)7-4-2-1-3-5-7/h5-9H,1-4H3;2*2-11H,1H3;1-10H;1-10H,(H,16,17);1-5H/b20-13+;16-14-;16-15+;16-14+;15-10+;14-8+. The minimum atomic E-state index is -5.85. The van der Waals surface area contributed by atoms with Crippen molar-refractivity contribution in [2.75, 3.05) is 6.26 Å². The van der Waals surface area contributed by atoms with E-state index in [4.69, 9.17) is 43.1 Å². The van der Waals surface area contributed by atoms with Crippen molar-refractivity contribution < 1.29 is 109 Å². The van der Waals surface area contributed by atoms with Gasteiger partial charge in [-0.15, -0.1) is 0 Å². The Morgan fingerprint density at radius 1 is 0.408 bits per heavy atom. The van der Waals surface area contributed by atoms with Crippen LogP contribution >= 0.6 is 23.2 Å². The molecule has 0 bridgehead atoms. The summed E-state index contributed by atoms with van der Waals surface area (Å²) in [6.45, 7) is 8.87. The van der Waals surface area contributed by atoms with Gasteiger partial charge in [-0.1, -0.05) is 290 Å². The van der Waals surface area contributed by atoms with Crippen molar-refractivity contribution in [3.63, 3.8) is 0 Å². The van der Waals surface area contributed by atoms with Crippen LogP contribution in [0.5, 0.6) is 0 Å². The van der Waals surface area contributed by atoms with E-state index in [1.54, 1.807) is 201 Å². The van der Waals surface area contributed by atoms with E-state index in [1.165, 1.54) is 98.1 Å². The number of aromatic carboxylic acids is 1. The zero-order chi connectivity index (χ0) is 92.2. The fraction of sp³-hybridized carbons (Fsp3) is 0.0833. The van der Waals surface area contributed by atoms with Crippen LogP contribution < -0.4 is 0 Å². The maximum atomic E-state index is 12.5. The number of rotatable bonds is 26. The number of aryl methyl sites for hydroxylation is 3. The molecule has 0 aromatic heterocycles. The van der Waals surface area contributed by atoms with E-state index in [0.717, 1.165) is 40.6 Å². The second kappa shape index (κ2) is 46.9. The molecule has 0 heterocycles. The van der Waals surface area contributed by atoms with Crippen molar-refractivity contribution in [1.29, 1.82) is 10.5 Å². The van der Waals surface area contributed by atoms with Crippen LogP contribution in [0, 0.1) is 43.4 Å². The largest absolute Gasteiger partial charge is 0.536 e. The van der Waals surface area contributed by atoms with E-state index in [2.05, 4.69) is 52.4 Å². The molecule has 125 heavy (non-hydrogen) atoms. The van der Waals surface area contributed by atoms with Crippen LogP contribution in [-0.2, 0) is 91.2 Å². The maximum absolute atomic E-state index is 12.5. The highest BCUT2D eigenvalue weighted by atomic mass is 35.5. The molecule has 0 aliphatic carbocycles. The quantitative estimate of drug-likeness (QED) is 0.0228. The molecule has 0 saturated heterocycles. The SMILES string of the molecule is C/C(=N\OS(=O)(=O)c1cc(Cl)ccc1Cl)c1c(C)cc(C)cc1C.CC(=O)/C(=N\OS(=O)(=O)c1ccccc1)c1ccccc1.CS(=O)(=O)O/N=C(\C(=O)c1ccccc1)c1ccccc1.N#C/C(=N\OS(=O)(=O)C(F)(F)F)c1ccccc1.N#C/C(=N\OS(=O)(=O)c1ccccc1)c1ccccc1.O=C(O)c1ccc(S(=O)(=O)O/N=C/c2ccccc2)cc1. The van der Waals surface area contributed by atoms with Crippen molar-refractivity contribution in [2.24, 2.45) is 30.9 Å². The van der Waals surface area contributed by atoms with Crippen LogP contribution in [0.4, 0.5) is 13.2 Å². The van der Waals surface area contributed by atoms with Gasteiger partial charge in [-0.2, -0.15) is 74.2 Å². The molecule has 0 aliphatic heterocycles. The molecule has 11 aromatic carbocycles. The number of carboxylic acids is 1. The summed E-state index contributed by atoms with van der Waals surface area (Å²) in [7, 11) is -25.9. The molecule has 11 aromatic rings. The number of hydrogen-bond acceptors (Lipinski definition) is 29. The van der Waals surface area contributed by atoms with E-state index in [9.17, 15) is 78.1 Å². The predicted octanol–water partition coefficient (Wildman–Crippen LogP) is 15.9. The molecule has 0 aliphatic rings. The van der Waals surface area contributed by atoms with Gasteiger partial charge >= 0.3 is 72.2 Å². The molecule has 11 rings (SSSR count). The first kappa shape index (κ1) is 99.9. The fourth-order valence-corrected chi connectivity index (χ4v) is 13.9. The highest BCUT2D eigenvalue weighted by Gasteiger charge is 2.49. The molecule has 648 valence electrons. The van der Waals surface area contributed by atoms with Gasteiger partial charge < -0.3 is 5.11 Å². The Bertz CT molecular complexity index is 6580. The smallest absolute Gasteiger partial charge is 0.478 e. The minimum Gasteiger partial charge on any atom is -0.478 e. The van der Waals surface area contributed by atoms with Crippen LogP contribution in [0.2, 0.25) is 10.0 Å². The van der Waals surface area contributed by atoms with Crippen LogP contribution in [0.15, 0.2) is 348 Å². The summed E-state index contributed by atoms with van der Waals surface area (Å²) in [5.74, 6) is -1.93. The summed E-state index contributed by atoms with van der Waals surface area (Å²) < 4.78 is 201. The molecule has 0 saturated carbocycles. The lowest BCUT2D eigenvalue weighted by Gasteiger charge is -2.11. The molecular formula is C84H69Cl2F3N8O22S6. The van der Waals surface area contributed by atoms with E-state index in [1.807, 2.05) is 39.0 Å². The van der Waals surface area contributed by atoms with Crippen molar-refractivity contribution in [2.45, 2.75) is 59.7 Å². The Hall–Kier alpha value is -13.9. The van der Waals surface area contributed by atoms with Gasteiger partial charge in [0.1, 0.15) is 31.7 Å². The highest BCUT2D eigenvalue weighted by molar-refractivity contribution is 7.88. The summed E-state index contributed by atoms with van der Waals surface area (Å²) >= 11 is 11.7. The van der Waals surface area contributed by atoms with Gasteiger partial charge in [0.05, 0.1) is 28.8 Å². The van der Waals surface area contributed by atoms with Gasteiger partial charge in [-0.25, -0.2) is 4.79 Å².